The molecule has 106 valence electrons. The van der Waals surface area contributed by atoms with Gasteiger partial charge >= 0.3 is 0 Å². The van der Waals surface area contributed by atoms with Crippen molar-refractivity contribution in [1.82, 2.24) is 15.1 Å². The number of hydrogen-bond donors (Lipinski definition) is 1. The molecule has 0 aromatic rings. The zero-order valence-electron chi connectivity index (χ0n) is 11.3. The third-order valence-electron chi connectivity index (χ3n) is 4.28. The van der Waals surface area contributed by atoms with Crippen LogP contribution in [0.3, 0.4) is 0 Å². The summed E-state index contributed by atoms with van der Waals surface area (Å²) in [5, 5.41) is 2.65. The first-order valence-corrected chi connectivity index (χ1v) is 7.04. The third kappa shape index (κ3) is 2.60. The van der Waals surface area contributed by atoms with Crippen molar-refractivity contribution in [1.29, 1.82) is 0 Å². The molecular formula is C13H21N3O3. The molecule has 2 atom stereocenters. The van der Waals surface area contributed by atoms with E-state index in [-0.39, 0.29) is 29.9 Å². The summed E-state index contributed by atoms with van der Waals surface area (Å²) in [5.41, 5.74) is 0. The predicted octanol–water partition coefficient (Wildman–Crippen LogP) is -0.946. The van der Waals surface area contributed by atoms with E-state index in [0.29, 0.717) is 26.2 Å². The lowest BCUT2D eigenvalue weighted by atomic mass is 10.1. The van der Waals surface area contributed by atoms with Gasteiger partial charge in [0.15, 0.2) is 0 Å². The maximum Gasteiger partial charge on any atom is 0.233 e. The summed E-state index contributed by atoms with van der Waals surface area (Å²) in [7, 11) is 1.65. The summed E-state index contributed by atoms with van der Waals surface area (Å²) >= 11 is 0. The number of carbonyl (C=O) groups is 2. The van der Waals surface area contributed by atoms with Crippen molar-refractivity contribution in [3.05, 3.63) is 0 Å². The second-order valence-corrected chi connectivity index (χ2v) is 5.64. The molecule has 2 amide bonds. The Morgan fingerprint density at radius 1 is 1.32 bits per heavy atom. The highest BCUT2D eigenvalue weighted by molar-refractivity contribution is 5.81. The van der Waals surface area contributed by atoms with E-state index in [4.69, 9.17) is 4.74 Å². The molecule has 0 radical (unpaired) electrons. The Morgan fingerprint density at radius 3 is 2.79 bits per heavy atom. The molecule has 1 N–H and O–H groups in total. The van der Waals surface area contributed by atoms with Crippen LogP contribution in [0.25, 0.3) is 0 Å². The molecule has 2 aliphatic heterocycles. The minimum atomic E-state index is 0.0209. The van der Waals surface area contributed by atoms with Gasteiger partial charge in [-0.1, -0.05) is 0 Å². The molecule has 0 aromatic heterocycles. The van der Waals surface area contributed by atoms with Gasteiger partial charge in [-0.25, -0.2) is 0 Å². The molecule has 2 heterocycles. The number of carbonyl (C=O) groups excluding carboxylic acids is 2. The molecule has 1 aliphatic carbocycles. The molecule has 19 heavy (non-hydrogen) atoms. The minimum Gasteiger partial charge on any atom is -0.373 e. The largest absolute Gasteiger partial charge is 0.373 e. The van der Waals surface area contributed by atoms with E-state index in [1.807, 2.05) is 4.90 Å². The van der Waals surface area contributed by atoms with Crippen molar-refractivity contribution in [3.63, 3.8) is 0 Å². The third-order valence-corrected chi connectivity index (χ3v) is 4.28. The Labute approximate surface area is 113 Å². The van der Waals surface area contributed by atoms with E-state index >= 15 is 0 Å². The zero-order valence-corrected chi connectivity index (χ0v) is 11.3. The van der Waals surface area contributed by atoms with Crippen molar-refractivity contribution < 1.29 is 14.3 Å². The van der Waals surface area contributed by atoms with Crippen LogP contribution in [0.1, 0.15) is 12.8 Å². The van der Waals surface area contributed by atoms with Crippen molar-refractivity contribution >= 4 is 11.8 Å². The van der Waals surface area contributed by atoms with Crippen LogP contribution in [-0.2, 0) is 14.3 Å². The molecular weight excluding hydrogens is 246 g/mol. The lowest BCUT2D eigenvalue weighted by molar-refractivity contribution is -0.132. The Balaban J connectivity index is 1.63. The van der Waals surface area contributed by atoms with Crippen molar-refractivity contribution in [2.45, 2.75) is 25.0 Å². The maximum atomic E-state index is 12.1. The number of likely N-dealkylation sites (tertiary alicyclic amines) is 1. The van der Waals surface area contributed by atoms with E-state index in [2.05, 4.69) is 10.2 Å². The molecule has 3 aliphatic rings. The van der Waals surface area contributed by atoms with E-state index < -0.39 is 0 Å². The lowest BCUT2D eigenvalue weighted by Gasteiger charge is -2.35. The number of rotatable bonds is 3. The molecule has 0 aromatic carbocycles. The summed E-state index contributed by atoms with van der Waals surface area (Å²) in [5.74, 6) is 0.554. The first kappa shape index (κ1) is 12.9. The summed E-state index contributed by atoms with van der Waals surface area (Å²) in [4.78, 5) is 27.7. The molecule has 3 fully saturated rings. The van der Waals surface area contributed by atoms with Crippen LogP contribution in [-0.4, -0.2) is 73.6 Å². The SMILES string of the molecule is CNC(=O)CN1CCO[C@H]2CN(C(=O)C3CC3)C[C@H]21. The van der Waals surface area contributed by atoms with Gasteiger partial charge in [0, 0.05) is 32.6 Å². The number of morpholine rings is 1. The van der Waals surface area contributed by atoms with Crippen LogP contribution < -0.4 is 5.32 Å². The Kier molecular flexibility index (Phi) is 3.45. The van der Waals surface area contributed by atoms with Gasteiger partial charge in [-0.2, -0.15) is 0 Å². The summed E-state index contributed by atoms with van der Waals surface area (Å²) in [6.07, 6.45) is 2.14. The average Bonchev–Trinajstić information content (AvgIpc) is 3.17. The van der Waals surface area contributed by atoms with Crippen LogP contribution in [0.5, 0.6) is 0 Å². The molecule has 0 bridgehead atoms. The fourth-order valence-electron chi connectivity index (χ4n) is 2.99. The number of hydrogen-bond acceptors (Lipinski definition) is 4. The quantitative estimate of drug-likeness (QED) is 0.716. The molecule has 6 nitrogen and oxygen atoms in total. The van der Waals surface area contributed by atoms with Crippen molar-refractivity contribution in [3.8, 4) is 0 Å². The van der Waals surface area contributed by atoms with Gasteiger partial charge in [-0.05, 0) is 12.8 Å². The normalized spacial score (nSPS) is 31.1. The van der Waals surface area contributed by atoms with E-state index in [0.717, 1.165) is 19.4 Å². The summed E-state index contributed by atoms with van der Waals surface area (Å²) in [6, 6.07) is 0.175. The van der Waals surface area contributed by atoms with Gasteiger partial charge in [0.2, 0.25) is 11.8 Å². The van der Waals surface area contributed by atoms with Crippen LogP contribution in [0.2, 0.25) is 0 Å². The second-order valence-electron chi connectivity index (χ2n) is 5.64. The summed E-state index contributed by atoms with van der Waals surface area (Å²) < 4.78 is 5.76. The highest BCUT2D eigenvalue weighted by Gasteiger charge is 2.44. The van der Waals surface area contributed by atoms with E-state index in [1.165, 1.54) is 0 Å². The van der Waals surface area contributed by atoms with Gasteiger partial charge < -0.3 is 15.0 Å². The van der Waals surface area contributed by atoms with Gasteiger partial charge in [-0.3, -0.25) is 14.5 Å². The minimum absolute atomic E-state index is 0.0209. The van der Waals surface area contributed by atoms with Crippen LogP contribution in [0.15, 0.2) is 0 Å². The predicted molar refractivity (Wildman–Crippen MR) is 68.5 cm³/mol. The van der Waals surface area contributed by atoms with E-state index in [1.54, 1.807) is 7.05 Å². The van der Waals surface area contributed by atoms with Crippen LogP contribution >= 0.6 is 0 Å². The van der Waals surface area contributed by atoms with Gasteiger partial charge in [0.1, 0.15) is 0 Å². The molecule has 3 rings (SSSR count). The van der Waals surface area contributed by atoms with Gasteiger partial charge in [-0.15, -0.1) is 0 Å². The molecule has 0 spiro atoms. The maximum absolute atomic E-state index is 12.1. The standard InChI is InChI=1S/C13H21N3O3/c1-14-12(17)8-15-4-5-19-11-7-16(6-10(11)15)13(18)9-2-3-9/h9-11H,2-8H2,1H3,(H,14,17)/t10-,11+/m1/s1. The average molecular weight is 267 g/mol. The highest BCUT2D eigenvalue weighted by atomic mass is 16.5. The fraction of sp³-hybridized carbons (Fsp3) is 0.846. The first-order chi connectivity index (χ1) is 9.19. The van der Waals surface area contributed by atoms with Crippen molar-refractivity contribution in [2.75, 3.05) is 39.8 Å². The second kappa shape index (κ2) is 5.09. The molecule has 2 saturated heterocycles. The lowest BCUT2D eigenvalue weighted by Crippen LogP contribution is -2.53. The Bertz CT molecular complexity index is 383. The zero-order chi connectivity index (χ0) is 13.4. The van der Waals surface area contributed by atoms with Gasteiger partial charge in [0.25, 0.3) is 0 Å². The smallest absolute Gasteiger partial charge is 0.233 e. The fourth-order valence-corrected chi connectivity index (χ4v) is 2.99. The topological polar surface area (TPSA) is 61.9 Å². The van der Waals surface area contributed by atoms with Crippen LogP contribution in [0.4, 0.5) is 0 Å². The number of amides is 2. The number of likely N-dealkylation sites (N-methyl/N-ethyl adjacent to an activating group) is 1. The highest BCUT2D eigenvalue weighted by Crippen LogP contribution is 2.33. The van der Waals surface area contributed by atoms with Crippen LogP contribution in [0, 0.1) is 5.92 Å². The molecule has 1 saturated carbocycles. The monoisotopic (exact) mass is 267 g/mol. The molecule has 0 unspecified atom stereocenters. The number of ether oxygens (including phenoxy) is 1. The first-order valence-electron chi connectivity index (χ1n) is 7.04. The summed E-state index contributed by atoms with van der Waals surface area (Å²) in [6.45, 7) is 3.19. The van der Waals surface area contributed by atoms with E-state index in [9.17, 15) is 9.59 Å². The number of fused-ring (bicyclic) bond motifs is 1. The van der Waals surface area contributed by atoms with Gasteiger partial charge in [0.05, 0.1) is 25.3 Å². The number of nitrogens with one attached hydrogen (secondary N) is 1. The number of nitrogens with zero attached hydrogens (tertiary/aromatic N) is 2. The van der Waals surface area contributed by atoms with Crippen molar-refractivity contribution in [2.24, 2.45) is 5.92 Å². The Hall–Kier alpha value is -1.14. The molecule has 6 heteroatoms. The Morgan fingerprint density at radius 2 is 2.11 bits per heavy atom.